The van der Waals surface area contributed by atoms with Crippen molar-refractivity contribution >= 4 is 11.8 Å². The molecule has 2 fully saturated rings. The van der Waals surface area contributed by atoms with E-state index in [4.69, 9.17) is 18.3 Å². The lowest BCUT2D eigenvalue weighted by molar-refractivity contribution is 0.0280. The van der Waals surface area contributed by atoms with Gasteiger partial charge < -0.3 is 28.1 Å². The maximum absolute atomic E-state index is 12.6. The standard InChI is InChI=1S/C21H26N2O6/c1-21(2,17-5-3-15(28-17)19(24)22-7-11-26-12-8-22)18-6-4-16(29-18)20(25)23-9-13-27-14-10-23/h3-6H,7-14H2,1-2H3. The Labute approximate surface area is 169 Å². The number of amides is 2. The molecule has 4 heterocycles. The second kappa shape index (κ2) is 8.04. The van der Waals surface area contributed by atoms with Crippen LogP contribution in [-0.2, 0) is 14.9 Å². The average molecular weight is 402 g/mol. The van der Waals surface area contributed by atoms with Gasteiger partial charge in [-0.05, 0) is 38.1 Å². The monoisotopic (exact) mass is 402 g/mol. The summed E-state index contributed by atoms with van der Waals surface area (Å²) >= 11 is 0. The Hall–Kier alpha value is -2.58. The van der Waals surface area contributed by atoms with Gasteiger partial charge in [-0.1, -0.05) is 0 Å². The van der Waals surface area contributed by atoms with Crippen molar-refractivity contribution in [3.05, 3.63) is 47.3 Å². The molecular weight excluding hydrogens is 376 g/mol. The molecule has 0 radical (unpaired) electrons. The lowest BCUT2D eigenvalue weighted by atomic mass is 9.87. The van der Waals surface area contributed by atoms with Crippen molar-refractivity contribution in [3.63, 3.8) is 0 Å². The molecule has 0 aliphatic carbocycles. The Morgan fingerprint density at radius 2 is 1.10 bits per heavy atom. The summed E-state index contributed by atoms with van der Waals surface area (Å²) in [7, 11) is 0. The molecule has 0 saturated carbocycles. The van der Waals surface area contributed by atoms with Gasteiger partial charge in [0.15, 0.2) is 11.5 Å². The van der Waals surface area contributed by atoms with Gasteiger partial charge in [0.2, 0.25) is 0 Å². The minimum atomic E-state index is -0.632. The van der Waals surface area contributed by atoms with Gasteiger partial charge >= 0.3 is 0 Å². The molecular formula is C21H26N2O6. The molecule has 0 bridgehead atoms. The zero-order valence-corrected chi connectivity index (χ0v) is 16.8. The molecule has 2 aliphatic rings. The zero-order chi connectivity index (χ0) is 20.4. The molecule has 0 spiro atoms. The summed E-state index contributed by atoms with van der Waals surface area (Å²) in [5, 5.41) is 0. The lowest BCUT2D eigenvalue weighted by Crippen LogP contribution is -2.40. The Kier molecular flexibility index (Phi) is 5.47. The number of carbonyl (C=O) groups excluding carboxylic acids is 2. The quantitative estimate of drug-likeness (QED) is 0.779. The van der Waals surface area contributed by atoms with E-state index in [9.17, 15) is 9.59 Å². The lowest BCUT2D eigenvalue weighted by Gasteiger charge is -2.26. The van der Waals surface area contributed by atoms with Crippen molar-refractivity contribution in [1.82, 2.24) is 9.80 Å². The van der Waals surface area contributed by atoms with Crippen LogP contribution in [-0.4, -0.2) is 74.2 Å². The van der Waals surface area contributed by atoms with Crippen LogP contribution in [0, 0.1) is 0 Å². The number of hydrogen-bond donors (Lipinski definition) is 0. The average Bonchev–Trinajstić information content (AvgIpc) is 3.45. The summed E-state index contributed by atoms with van der Waals surface area (Å²) in [5.74, 6) is 1.52. The van der Waals surface area contributed by atoms with Gasteiger partial charge in [0.1, 0.15) is 11.5 Å². The van der Waals surface area contributed by atoms with Crippen LogP contribution < -0.4 is 0 Å². The normalized spacial score (nSPS) is 18.1. The molecule has 2 aliphatic heterocycles. The van der Waals surface area contributed by atoms with Crippen LogP contribution in [0.25, 0.3) is 0 Å². The highest BCUT2D eigenvalue weighted by molar-refractivity contribution is 5.92. The van der Waals surface area contributed by atoms with Gasteiger partial charge in [0.05, 0.1) is 31.8 Å². The predicted molar refractivity (Wildman–Crippen MR) is 103 cm³/mol. The minimum absolute atomic E-state index is 0.141. The van der Waals surface area contributed by atoms with E-state index < -0.39 is 5.41 Å². The Bertz CT molecular complexity index is 801. The van der Waals surface area contributed by atoms with E-state index in [1.807, 2.05) is 13.8 Å². The van der Waals surface area contributed by atoms with Crippen molar-refractivity contribution in [2.45, 2.75) is 19.3 Å². The summed E-state index contributed by atoms with van der Waals surface area (Å²) in [4.78, 5) is 28.7. The largest absolute Gasteiger partial charge is 0.455 e. The zero-order valence-electron chi connectivity index (χ0n) is 16.8. The molecule has 8 heteroatoms. The smallest absolute Gasteiger partial charge is 0.289 e. The van der Waals surface area contributed by atoms with Crippen molar-refractivity contribution in [1.29, 1.82) is 0 Å². The molecule has 29 heavy (non-hydrogen) atoms. The molecule has 0 unspecified atom stereocenters. The topological polar surface area (TPSA) is 85.4 Å². The van der Waals surface area contributed by atoms with Gasteiger partial charge in [0, 0.05) is 26.2 Å². The SMILES string of the molecule is CC(C)(c1ccc(C(=O)N2CCOCC2)o1)c1ccc(C(=O)N2CCOCC2)o1. The van der Waals surface area contributed by atoms with Crippen LogP contribution in [0.3, 0.4) is 0 Å². The van der Waals surface area contributed by atoms with E-state index in [2.05, 4.69) is 0 Å². The minimum Gasteiger partial charge on any atom is -0.455 e. The van der Waals surface area contributed by atoms with E-state index in [-0.39, 0.29) is 11.8 Å². The fourth-order valence-corrected chi connectivity index (χ4v) is 3.54. The fourth-order valence-electron chi connectivity index (χ4n) is 3.54. The van der Waals surface area contributed by atoms with Crippen molar-refractivity contribution in [2.24, 2.45) is 0 Å². The third kappa shape index (κ3) is 3.95. The van der Waals surface area contributed by atoms with E-state index in [0.717, 1.165) is 0 Å². The van der Waals surface area contributed by atoms with Gasteiger partial charge in [-0.25, -0.2) is 0 Å². The summed E-state index contributed by atoms with van der Waals surface area (Å²) in [6.45, 7) is 8.27. The highest BCUT2D eigenvalue weighted by Crippen LogP contribution is 2.34. The molecule has 2 aromatic heterocycles. The first-order valence-corrected chi connectivity index (χ1v) is 9.91. The van der Waals surface area contributed by atoms with E-state index in [1.165, 1.54) is 0 Å². The first-order chi connectivity index (χ1) is 14.0. The van der Waals surface area contributed by atoms with E-state index >= 15 is 0 Å². The second-order valence-corrected chi connectivity index (χ2v) is 7.76. The number of rotatable bonds is 4. The highest BCUT2D eigenvalue weighted by atomic mass is 16.5. The number of morpholine rings is 2. The van der Waals surface area contributed by atoms with E-state index in [1.54, 1.807) is 34.1 Å². The van der Waals surface area contributed by atoms with Crippen LogP contribution in [0.2, 0.25) is 0 Å². The van der Waals surface area contributed by atoms with Crippen LogP contribution in [0.5, 0.6) is 0 Å². The summed E-state index contributed by atoms with van der Waals surface area (Å²) in [6.07, 6.45) is 0. The molecule has 0 N–H and O–H groups in total. The summed E-state index contributed by atoms with van der Waals surface area (Å²) < 4.78 is 22.4. The third-order valence-corrected chi connectivity index (χ3v) is 5.46. The van der Waals surface area contributed by atoms with Crippen molar-refractivity contribution in [3.8, 4) is 0 Å². The van der Waals surface area contributed by atoms with Crippen LogP contribution >= 0.6 is 0 Å². The van der Waals surface area contributed by atoms with Gasteiger partial charge in [-0.3, -0.25) is 9.59 Å². The van der Waals surface area contributed by atoms with Crippen molar-refractivity contribution < 1.29 is 27.9 Å². The molecule has 0 aromatic carbocycles. The molecule has 2 amide bonds. The molecule has 156 valence electrons. The van der Waals surface area contributed by atoms with Gasteiger partial charge in [-0.15, -0.1) is 0 Å². The molecule has 4 rings (SSSR count). The number of furan rings is 2. The second-order valence-electron chi connectivity index (χ2n) is 7.76. The Morgan fingerprint density at radius 3 is 1.48 bits per heavy atom. The van der Waals surface area contributed by atoms with Crippen LogP contribution in [0.4, 0.5) is 0 Å². The molecule has 0 atom stereocenters. The highest BCUT2D eigenvalue weighted by Gasteiger charge is 2.33. The Morgan fingerprint density at radius 1 is 0.724 bits per heavy atom. The van der Waals surface area contributed by atoms with Crippen molar-refractivity contribution in [2.75, 3.05) is 52.6 Å². The van der Waals surface area contributed by atoms with Gasteiger partial charge in [-0.2, -0.15) is 0 Å². The number of carbonyl (C=O) groups is 2. The number of hydrogen-bond acceptors (Lipinski definition) is 6. The first-order valence-electron chi connectivity index (χ1n) is 9.91. The number of nitrogens with zero attached hydrogens (tertiary/aromatic N) is 2. The predicted octanol–water partition coefficient (Wildman–Crippen LogP) is 2.14. The maximum atomic E-state index is 12.6. The Balaban J connectivity index is 1.50. The van der Waals surface area contributed by atoms with Gasteiger partial charge in [0.25, 0.3) is 11.8 Å². The first kappa shape index (κ1) is 19.7. The van der Waals surface area contributed by atoms with Crippen LogP contribution in [0.1, 0.15) is 46.5 Å². The molecule has 8 nitrogen and oxygen atoms in total. The molecule has 2 saturated heterocycles. The van der Waals surface area contributed by atoms with E-state index in [0.29, 0.717) is 75.6 Å². The summed E-state index contributed by atoms with van der Waals surface area (Å²) in [5.41, 5.74) is -0.632. The number of ether oxygens (including phenoxy) is 2. The summed E-state index contributed by atoms with van der Waals surface area (Å²) in [6, 6.07) is 6.97. The molecule has 2 aromatic rings. The van der Waals surface area contributed by atoms with Crippen LogP contribution in [0.15, 0.2) is 33.1 Å². The maximum Gasteiger partial charge on any atom is 0.289 e. The fraction of sp³-hybridized carbons (Fsp3) is 0.524. The third-order valence-electron chi connectivity index (χ3n) is 5.46.